The molecule has 1 fully saturated rings. The van der Waals surface area contributed by atoms with E-state index in [2.05, 4.69) is 0 Å². The van der Waals surface area contributed by atoms with E-state index in [-0.39, 0.29) is 16.9 Å². The second kappa shape index (κ2) is 15.4. The summed E-state index contributed by atoms with van der Waals surface area (Å²) in [6.45, 7) is 3.70. The van der Waals surface area contributed by atoms with E-state index < -0.39 is 74.5 Å². The van der Waals surface area contributed by atoms with Gasteiger partial charge in [0.15, 0.2) is 5.92 Å². The molecule has 49 heavy (non-hydrogen) atoms. The zero-order valence-electron chi connectivity index (χ0n) is 27.0. The first-order valence-corrected chi connectivity index (χ1v) is 16.9. The zero-order chi connectivity index (χ0) is 36.0. The van der Waals surface area contributed by atoms with Gasteiger partial charge in [-0.1, -0.05) is 87.9 Å². The number of rotatable bonds is 12. The average molecular weight is 707 g/mol. The Kier molecular flexibility index (Phi) is 11.7. The highest BCUT2D eigenvalue weighted by Crippen LogP contribution is 2.44. The van der Waals surface area contributed by atoms with Crippen molar-refractivity contribution in [2.75, 3.05) is 6.54 Å². The fraction of sp³-hybridized carbons (Fsp3) is 0.412. The van der Waals surface area contributed by atoms with Crippen LogP contribution in [0.15, 0.2) is 89.8 Å². The molecule has 264 valence electrons. The van der Waals surface area contributed by atoms with Crippen molar-refractivity contribution < 1.29 is 49.9 Å². The number of hydrogen-bond acceptors (Lipinski definition) is 9. The third-order valence-corrected chi connectivity index (χ3v) is 9.96. The molecule has 1 aliphatic rings. The molecule has 4 atom stereocenters. The van der Waals surface area contributed by atoms with Crippen molar-refractivity contribution in [1.82, 2.24) is 5.06 Å². The summed E-state index contributed by atoms with van der Waals surface area (Å²) in [5.74, 6) is -5.07. The van der Waals surface area contributed by atoms with Crippen LogP contribution < -0.4 is 0 Å². The maximum atomic E-state index is 14.4. The van der Waals surface area contributed by atoms with Crippen LogP contribution in [0.5, 0.6) is 0 Å². The molecule has 0 heterocycles. The standard InChI is InChI=1S/C34H37F3N2O9S/c1-23-14-19-28(33(2,3)25-12-8-5-9-13-25)30(20-23)47-32(41)38(48-49(44,45)27-17-15-26(16-18-27)39(42)43)21-29(34(35,36)37)31(40)46-22-24-10-6-4-7-11-24/h4-13,15-18,23,28-30H,14,19-22H2,1-3H3/t23-,28-,29?,30-/m0/s1. The third kappa shape index (κ3) is 9.57. The molecule has 1 aliphatic carbocycles. The van der Waals surface area contributed by atoms with Gasteiger partial charge in [-0.15, -0.1) is 4.28 Å². The number of hydrogen-bond donors (Lipinski definition) is 0. The van der Waals surface area contributed by atoms with Crippen molar-refractivity contribution in [3.05, 3.63) is 106 Å². The molecule has 1 saturated carbocycles. The molecule has 0 spiro atoms. The van der Waals surface area contributed by atoms with Gasteiger partial charge in [-0.25, -0.2) is 4.79 Å². The highest BCUT2D eigenvalue weighted by Gasteiger charge is 2.50. The number of nitro groups is 1. The van der Waals surface area contributed by atoms with E-state index in [0.717, 1.165) is 36.2 Å². The lowest BCUT2D eigenvalue weighted by atomic mass is 9.64. The summed E-state index contributed by atoms with van der Waals surface area (Å²) in [5.41, 5.74) is 0.289. The molecule has 0 aromatic heterocycles. The zero-order valence-corrected chi connectivity index (χ0v) is 27.9. The molecule has 0 aliphatic heterocycles. The Labute approximate surface area is 282 Å². The van der Waals surface area contributed by atoms with Gasteiger partial charge < -0.3 is 9.47 Å². The number of esters is 1. The number of hydroxylamine groups is 2. The van der Waals surface area contributed by atoms with Gasteiger partial charge in [-0.2, -0.15) is 26.7 Å². The van der Waals surface area contributed by atoms with Gasteiger partial charge in [0.05, 0.1) is 16.4 Å². The first-order chi connectivity index (χ1) is 23.0. The summed E-state index contributed by atoms with van der Waals surface area (Å²) < 4.78 is 85.3. The van der Waals surface area contributed by atoms with Crippen molar-refractivity contribution in [2.45, 2.75) is 69.2 Å². The Hall–Kier alpha value is -4.50. The summed E-state index contributed by atoms with van der Waals surface area (Å²) in [4.78, 5) is 36.2. The van der Waals surface area contributed by atoms with Gasteiger partial charge in [0, 0.05) is 18.1 Å². The maximum Gasteiger partial charge on any atom is 0.435 e. The molecule has 0 saturated heterocycles. The molecule has 0 N–H and O–H groups in total. The molecular weight excluding hydrogens is 669 g/mol. The fourth-order valence-electron chi connectivity index (χ4n) is 5.89. The third-order valence-electron chi connectivity index (χ3n) is 8.73. The van der Waals surface area contributed by atoms with Crippen LogP contribution in [-0.2, 0) is 40.7 Å². The Bertz CT molecular complexity index is 1700. The number of alkyl halides is 3. The number of non-ortho nitro benzene ring substituents is 1. The van der Waals surface area contributed by atoms with Crippen LogP contribution in [0, 0.1) is 27.9 Å². The summed E-state index contributed by atoms with van der Waals surface area (Å²) in [7, 11) is -5.07. The number of carbonyl (C=O) groups excluding carboxylic acids is 2. The second-order valence-electron chi connectivity index (χ2n) is 12.6. The normalized spacial score (nSPS) is 19.0. The SMILES string of the molecule is C[C@H]1CC[C@H](C(C)(C)c2ccccc2)[C@@H](OC(=O)N(CC(C(=O)OCc2ccccc2)C(F)(F)F)OS(=O)(=O)c2ccc([N+](=O)[O-])cc2)C1. The summed E-state index contributed by atoms with van der Waals surface area (Å²) >= 11 is 0. The van der Waals surface area contributed by atoms with Gasteiger partial charge in [0.1, 0.15) is 12.7 Å². The number of halogens is 3. The van der Waals surface area contributed by atoms with Crippen LogP contribution in [0.1, 0.15) is 51.2 Å². The van der Waals surface area contributed by atoms with Crippen LogP contribution in [0.2, 0.25) is 0 Å². The van der Waals surface area contributed by atoms with E-state index in [1.54, 1.807) is 18.2 Å². The van der Waals surface area contributed by atoms with E-state index >= 15 is 0 Å². The lowest BCUT2D eigenvalue weighted by Crippen LogP contribution is -2.49. The van der Waals surface area contributed by atoms with E-state index in [1.807, 2.05) is 51.1 Å². The molecule has 0 radical (unpaired) electrons. The molecule has 11 nitrogen and oxygen atoms in total. The first-order valence-electron chi connectivity index (χ1n) is 15.5. The molecule has 1 amide bonds. The van der Waals surface area contributed by atoms with Gasteiger partial charge in [0.25, 0.3) is 5.69 Å². The number of nitro benzene ring substituents is 1. The summed E-state index contributed by atoms with van der Waals surface area (Å²) in [5, 5.41) is 10.9. The Morgan fingerprint density at radius 2 is 1.55 bits per heavy atom. The number of nitrogens with zero attached hydrogens (tertiary/aromatic N) is 2. The van der Waals surface area contributed by atoms with Crippen molar-refractivity contribution in [1.29, 1.82) is 0 Å². The second-order valence-corrected chi connectivity index (χ2v) is 14.1. The van der Waals surface area contributed by atoms with Crippen LogP contribution in [-0.4, -0.2) is 49.3 Å². The fourth-order valence-corrected chi connectivity index (χ4v) is 6.81. The quantitative estimate of drug-likeness (QED) is 0.107. The topological polar surface area (TPSA) is 142 Å². The molecule has 0 bridgehead atoms. The smallest absolute Gasteiger partial charge is 0.435 e. The molecule has 4 rings (SSSR count). The highest BCUT2D eigenvalue weighted by molar-refractivity contribution is 7.86. The van der Waals surface area contributed by atoms with Gasteiger partial charge in [0.2, 0.25) is 0 Å². The largest absolute Gasteiger partial charge is 0.460 e. The molecule has 3 aromatic carbocycles. The molecular formula is C34H37F3N2O9S. The first kappa shape index (κ1) is 37.3. The van der Waals surface area contributed by atoms with Crippen LogP contribution in [0.4, 0.5) is 23.7 Å². The number of benzene rings is 3. The van der Waals surface area contributed by atoms with Gasteiger partial charge >= 0.3 is 28.4 Å². The van der Waals surface area contributed by atoms with Crippen molar-refractivity contribution in [3.63, 3.8) is 0 Å². The van der Waals surface area contributed by atoms with E-state index in [0.29, 0.717) is 18.4 Å². The van der Waals surface area contributed by atoms with Crippen molar-refractivity contribution in [2.24, 2.45) is 17.8 Å². The van der Waals surface area contributed by atoms with Gasteiger partial charge in [-0.05, 0) is 47.4 Å². The van der Waals surface area contributed by atoms with Crippen LogP contribution in [0.25, 0.3) is 0 Å². The Morgan fingerprint density at radius 1 is 0.959 bits per heavy atom. The minimum absolute atomic E-state index is 0.0646. The predicted molar refractivity (Wildman–Crippen MR) is 170 cm³/mol. The lowest BCUT2D eigenvalue weighted by molar-refractivity contribution is -0.384. The molecule has 15 heteroatoms. The number of ether oxygens (including phenoxy) is 2. The van der Waals surface area contributed by atoms with Crippen molar-refractivity contribution in [3.8, 4) is 0 Å². The summed E-state index contributed by atoms with van der Waals surface area (Å²) in [6.07, 6.45) is -6.02. The lowest BCUT2D eigenvalue weighted by Gasteiger charge is -2.44. The molecule has 1 unspecified atom stereocenters. The van der Waals surface area contributed by atoms with Crippen LogP contribution in [0.3, 0.4) is 0 Å². The van der Waals surface area contributed by atoms with Crippen LogP contribution >= 0.6 is 0 Å². The Morgan fingerprint density at radius 3 is 2.12 bits per heavy atom. The van der Waals surface area contributed by atoms with Crippen molar-refractivity contribution >= 4 is 27.9 Å². The molecule has 3 aromatic rings. The van der Waals surface area contributed by atoms with E-state index in [4.69, 9.17) is 13.8 Å². The Balaban J connectivity index is 1.66. The maximum absolute atomic E-state index is 14.4. The number of carbonyl (C=O) groups is 2. The van der Waals surface area contributed by atoms with E-state index in [1.165, 1.54) is 12.1 Å². The monoisotopic (exact) mass is 706 g/mol. The minimum atomic E-state index is -5.30. The van der Waals surface area contributed by atoms with Gasteiger partial charge in [-0.3, -0.25) is 14.9 Å². The summed E-state index contributed by atoms with van der Waals surface area (Å²) in [6, 6.07) is 20.6. The number of amides is 1. The highest BCUT2D eigenvalue weighted by atomic mass is 32.2. The van der Waals surface area contributed by atoms with E-state index in [9.17, 15) is 41.3 Å². The minimum Gasteiger partial charge on any atom is -0.460 e. The average Bonchev–Trinajstić information content (AvgIpc) is 3.05. The predicted octanol–water partition coefficient (Wildman–Crippen LogP) is 7.36.